The van der Waals surface area contributed by atoms with Gasteiger partial charge in [0.05, 0.1) is 18.9 Å². The molecule has 1 saturated heterocycles. The predicted octanol–water partition coefficient (Wildman–Crippen LogP) is 0.447. The summed E-state index contributed by atoms with van der Waals surface area (Å²) in [5.41, 5.74) is 0.740. The van der Waals surface area contributed by atoms with E-state index in [4.69, 9.17) is 4.74 Å². The molecule has 0 spiro atoms. The second-order valence-electron chi connectivity index (χ2n) is 3.68. The van der Waals surface area contributed by atoms with Gasteiger partial charge in [-0.25, -0.2) is 0 Å². The lowest BCUT2D eigenvalue weighted by Gasteiger charge is -2.28. The summed E-state index contributed by atoms with van der Waals surface area (Å²) in [5, 5.41) is 9.93. The molecule has 0 aliphatic carbocycles. The topological polar surface area (TPSA) is 45.6 Å². The van der Waals surface area contributed by atoms with Crippen molar-refractivity contribution in [2.45, 2.75) is 6.10 Å². The van der Waals surface area contributed by atoms with Gasteiger partial charge in [0.15, 0.2) is 0 Å². The SMILES string of the molecule is OC(CN1CCOCC1)c1ccccn1. The molecule has 1 N–H and O–H groups in total. The number of hydrogen-bond acceptors (Lipinski definition) is 4. The summed E-state index contributed by atoms with van der Waals surface area (Å²) in [6.45, 7) is 3.94. The van der Waals surface area contributed by atoms with Crippen LogP contribution < -0.4 is 0 Å². The molecule has 1 aliphatic rings. The summed E-state index contributed by atoms with van der Waals surface area (Å²) >= 11 is 0. The van der Waals surface area contributed by atoms with Crippen LogP contribution in [-0.2, 0) is 4.74 Å². The number of aromatic nitrogens is 1. The molecule has 1 fully saturated rings. The van der Waals surface area contributed by atoms with Crippen molar-refractivity contribution in [3.63, 3.8) is 0 Å². The minimum atomic E-state index is -0.496. The van der Waals surface area contributed by atoms with E-state index in [1.807, 2.05) is 18.2 Å². The van der Waals surface area contributed by atoms with Crippen molar-refractivity contribution in [1.82, 2.24) is 9.88 Å². The van der Waals surface area contributed by atoms with Gasteiger partial charge in [0.25, 0.3) is 0 Å². The van der Waals surface area contributed by atoms with Gasteiger partial charge in [-0.1, -0.05) is 6.07 Å². The number of rotatable bonds is 3. The van der Waals surface area contributed by atoms with Gasteiger partial charge in [-0.2, -0.15) is 0 Å². The van der Waals surface area contributed by atoms with E-state index >= 15 is 0 Å². The summed E-state index contributed by atoms with van der Waals surface area (Å²) in [6.07, 6.45) is 1.21. The molecule has 0 saturated carbocycles. The average Bonchev–Trinajstić information content (AvgIpc) is 2.31. The average molecular weight is 208 g/mol. The monoisotopic (exact) mass is 208 g/mol. The van der Waals surface area contributed by atoms with Crippen molar-refractivity contribution in [2.24, 2.45) is 0 Å². The lowest BCUT2D eigenvalue weighted by Crippen LogP contribution is -2.38. The molecule has 1 aliphatic heterocycles. The number of pyridine rings is 1. The number of nitrogens with zero attached hydrogens (tertiary/aromatic N) is 2. The standard InChI is InChI=1S/C11H16N2O2/c14-11(10-3-1-2-4-12-10)9-13-5-7-15-8-6-13/h1-4,11,14H,5-9H2. The Morgan fingerprint density at radius 2 is 2.20 bits per heavy atom. The molecule has 4 heteroatoms. The van der Waals surface area contributed by atoms with E-state index in [1.165, 1.54) is 0 Å². The highest BCUT2D eigenvalue weighted by atomic mass is 16.5. The van der Waals surface area contributed by atoms with Crippen LogP contribution in [0.25, 0.3) is 0 Å². The van der Waals surface area contributed by atoms with Crippen LogP contribution in [0.4, 0.5) is 0 Å². The van der Waals surface area contributed by atoms with Gasteiger partial charge in [0.1, 0.15) is 6.10 Å². The first kappa shape index (κ1) is 10.5. The van der Waals surface area contributed by atoms with Crippen LogP contribution in [0.5, 0.6) is 0 Å². The Balaban J connectivity index is 1.88. The Hall–Kier alpha value is -0.970. The normalized spacial score (nSPS) is 20.1. The van der Waals surface area contributed by atoms with Crippen LogP contribution in [0, 0.1) is 0 Å². The lowest BCUT2D eigenvalue weighted by molar-refractivity contribution is 0.0135. The second kappa shape index (κ2) is 5.21. The fourth-order valence-corrected chi connectivity index (χ4v) is 1.69. The maximum absolute atomic E-state index is 9.93. The second-order valence-corrected chi connectivity index (χ2v) is 3.68. The van der Waals surface area contributed by atoms with Gasteiger partial charge in [0.2, 0.25) is 0 Å². The molecule has 0 radical (unpaired) electrons. The maximum atomic E-state index is 9.93. The van der Waals surface area contributed by atoms with Crippen molar-refractivity contribution in [2.75, 3.05) is 32.8 Å². The van der Waals surface area contributed by atoms with Gasteiger partial charge in [-0.3, -0.25) is 9.88 Å². The minimum Gasteiger partial charge on any atom is -0.385 e. The summed E-state index contributed by atoms with van der Waals surface area (Å²) in [7, 11) is 0. The molecule has 4 nitrogen and oxygen atoms in total. The zero-order valence-corrected chi connectivity index (χ0v) is 8.67. The third-order valence-electron chi connectivity index (χ3n) is 2.56. The van der Waals surface area contributed by atoms with Gasteiger partial charge in [-0.05, 0) is 12.1 Å². The van der Waals surface area contributed by atoms with Crippen LogP contribution in [0.3, 0.4) is 0 Å². The van der Waals surface area contributed by atoms with E-state index < -0.39 is 6.10 Å². The van der Waals surface area contributed by atoms with E-state index in [9.17, 15) is 5.11 Å². The summed E-state index contributed by atoms with van der Waals surface area (Å²) in [6, 6.07) is 5.60. The lowest BCUT2D eigenvalue weighted by atomic mass is 10.2. The predicted molar refractivity (Wildman–Crippen MR) is 56.5 cm³/mol. The molecule has 0 bridgehead atoms. The van der Waals surface area contributed by atoms with Gasteiger partial charge < -0.3 is 9.84 Å². The molecule has 15 heavy (non-hydrogen) atoms. The summed E-state index contributed by atoms with van der Waals surface area (Å²) in [4.78, 5) is 6.33. The Morgan fingerprint density at radius 3 is 2.87 bits per heavy atom. The maximum Gasteiger partial charge on any atom is 0.109 e. The van der Waals surface area contributed by atoms with E-state index in [2.05, 4.69) is 9.88 Å². The first-order valence-electron chi connectivity index (χ1n) is 5.25. The smallest absolute Gasteiger partial charge is 0.109 e. The summed E-state index contributed by atoms with van der Waals surface area (Å²) in [5.74, 6) is 0. The third-order valence-corrected chi connectivity index (χ3v) is 2.56. The minimum absolute atomic E-state index is 0.496. The molecule has 2 rings (SSSR count). The Morgan fingerprint density at radius 1 is 1.40 bits per heavy atom. The van der Waals surface area contributed by atoms with Crippen LogP contribution in [0.1, 0.15) is 11.8 Å². The highest BCUT2D eigenvalue weighted by Gasteiger charge is 2.16. The highest BCUT2D eigenvalue weighted by Crippen LogP contribution is 2.11. The highest BCUT2D eigenvalue weighted by molar-refractivity contribution is 5.06. The Labute approximate surface area is 89.5 Å². The van der Waals surface area contributed by atoms with Gasteiger partial charge >= 0.3 is 0 Å². The van der Waals surface area contributed by atoms with E-state index in [0.29, 0.717) is 6.54 Å². The number of aliphatic hydroxyl groups is 1. The van der Waals surface area contributed by atoms with Crippen molar-refractivity contribution >= 4 is 0 Å². The number of morpholine rings is 1. The molecule has 1 aromatic heterocycles. The molecule has 82 valence electrons. The number of β-amino-alcohol motifs (C(OH)–C–C–N with tert-alkyl or cyclic N) is 1. The fraction of sp³-hybridized carbons (Fsp3) is 0.545. The first-order chi connectivity index (χ1) is 7.36. The van der Waals surface area contributed by atoms with Crippen molar-refractivity contribution < 1.29 is 9.84 Å². The molecule has 0 amide bonds. The molecule has 1 aromatic rings. The van der Waals surface area contributed by atoms with Crippen LogP contribution >= 0.6 is 0 Å². The zero-order valence-electron chi connectivity index (χ0n) is 8.67. The molecule has 2 heterocycles. The summed E-state index contributed by atoms with van der Waals surface area (Å²) < 4.78 is 5.25. The van der Waals surface area contributed by atoms with Gasteiger partial charge in [-0.15, -0.1) is 0 Å². The molecular formula is C11H16N2O2. The van der Waals surface area contributed by atoms with Crippen LogP contribution in [0.15, 0.2) is 24.4 Å². The number of aliphatic hydroxyl groups excluding tert-OH is 1. The van der Waals surface area contributed by atoms with Crippen molar-refractivity contribution in [1.29, 1.82) is 0 Å². The van der Waals surface area contributed by atoms with Crippen molar-refractivity contribution in [3.8, 4) is 0 Å². The number of hydrogen-bond donors (Lipinski definition) is 1. The van der Waals surface area contributed by atoms with Gasteiger partial charge in [0, 0.05) is 25.8 Å². The molecule has 0 aromatic carbocycles. The Kier molecular flexibility index (Phi) is 3.66. The molecular weight excluding hydrogens is 192 g/mol. The van der Waals surface area contributed by atoms with E-state index in [-0.39, 0.29) is 0 Å². The fourth-order valence-electron chi connectivity index (χ4n) is 1.69. The molecule has 1 unspecified atom stereocenters. The van der Waals surface area contributed by atoms with Crippen LogP contribution in [0.2, 0.25) is 0 Å². The van der Waals surface area contributed by atoms with Crippen molar-refractivity contribution in [3.05, 3.63) is 30.1 Å². The van der Waals surface area contributed by atoms with E-state index in [1.54, 1.807) is 6.20 Å². The first-order valence-corrected chi connectivity index (χ1v) is 5.25. The quantitative estimate of drug-likeness (QED) is 0.783. The largest absolute Gasteiger partial charge is 0.385 e. The third kappa shape index (κ3) is 2.99. The Bertz CT molecular complexity index is 286. The van der Waals surface area contributed by atoms with E-state index in [0.717, 1.165) is 32.0 Å². The number of ether oxygens (including phenoxy) is 1. The zero-order chi connectivity index (χ0) is 10.5. The van der Waals surface area contributed by atoms with Crippen LogP contribution in [-0.4, -0.2) is 47.8 Å². The molecule has 1 atom stereocenters.